The summed E-state index contributed by atoms with van der Waals surface area (Å²) in [6, 6.07) is 0. The first-order valence-electron chi connectivity index (χ1n) is 12.6. The van der Waals surface area contributed by atoms with E-state index in [1.165, 1.54) is 6.42 Å². The quantitative estimate of drug-likeness (QED) is 0.633. The largest absolute Gasteiger partial charge is 0.481 e. The van der Waals surface area contributed by atoms with E-state index in [0.717, 1.165) is 51.4 Å². The minimum absolute atomic E-state index is 0.108. The molecular formula is C26H42O4. The maximum atomic E-state index is 13.9. The number of hydrogen-bond donors (Lipinski definition) is 2. The molecule has 0 aromatic carbocycles. The number of aliphatic hydroxyl groups excluding tert-OH is 1. The Morgan fingerprint density at radius 1 is 1.07 bits per heavy atom. The van der Waals surface area contributed by atoms with E-state index in [0.29, 0.717) is 35.4 Å². The molecule has 4 heteroatoms. The van der Waals surface area contributed by atoms with Gasteiger partial charge in [-0.25, -0.2) is 0 Å². The van der Waals surface area contributed by atoms with Crippen LogP contribution in [0.15, 0.2) is 0 Å². The lowest BCUT2D eigenvalue weighted by Crippen LogP contribution is -2.60. The number of hydrogen-bond acceptors (Lipinski definition) is 3. The van der Waals surface area contributed by atoms with Crippen LogP contribution in [0.4, 0.5) is 0 Å². The third-order valence-corrected chi connectivity index (χ3v) is 10.7. The molecule has 0 aliphatic heterocycles. The summed E-state index contributed by atoms with van der Waals surface area (Å²) in [7, 11) is 0. The maximum absolute atomic E-state index is 13.9. The summed E-state index contributed by atoms with van der Waals surface area (Å²) in [5.41, 5.74) is 0.358. The van der Waals surface area contributed by atoms with Gasteiger partial charge in [0.15, 0.2) is 0 Å². The van der Waals surface area contributed by atoms with E-state index in [9.17, 15) is 14.7 Å². The summed E-state index contributed by atoms with van der Waals surface area (Å²) in [5, 5.41) is 19.5. The highest BCUT2D eigenvalue weighted by Gasteiger charge is 2.65. The molecular weight excluding hydrogens is 376 g/mol. The Bertz CT molecular complexity index is 689. The number of Topliss-reactive ketones (excluding diaryl/α,β-unsaturated/α-hetero) is 1. The van der Waals surface area contributed by atoms with Gasteiger partial charge >= 0.3 is 5.97 Å². The molecule has 4 rings (SSSR count). The molecule has 0 saturated heterocycles. The van der Waals surface area contributed by atoms with Crippen molar-refractivity contribution in [3.05, 3.63) is 0 Å². The van der Waals surface area contributed by atoms with Crippen LogP contribution in [0.1, 0.15) is 91.9 Å². The van der Waals surface area contributed by atoms with Crippen LogP contribution in [0.5, 0.6) is 0 Å². The van der Waals surface area contributed by atoms with Gasteiger partial charge in [0, 0.05) is 18.3 Å². The van der Waals surface area contributed by atoms with Crippen molar-refractivity contribution in [3.63, 3.8) is 0 Å². The van der Waals surface area contributed by atoms with Gasteiger partial charge in [-0.15, -0.1) is 0 Å². The van der Waals surface area contributed by atoms with Gasteiger partial charge in [0.1, 0.15) is 5.78 Å². The summed E-state index contributed by atoms with van der Waals surface area (Å²) in [6.45, 7) is 9.28. The van der Waals surface area contributed by atoms with Gasteiger partial charge in [0.25, 0.3) is 0 Å². The highest BCUT2D eigenvalue weighted by atomic mass is 16.4. The van der Waals surface area contributed by atoms with Gasteiger partial charge in [-0.3, -0.25) is 9.59 Å². The topological polar surface area (TPSA) is 74.6 Å². The molecule has 2 N–H and O–H groups in total. The van der Waals surface area contributed by atoms with E-state index in [-0.39, 0.29) is 35.2 Å². The number of carbonyl (C=O) groups excluding carboxylic acids is 1. The van der Waals surface area contributed by atoms with Crippen molar-refractivity contribution in [2.45, 2.75) is 98.0 Å². The molecule has 30 heavy (non-hydrogen) atoms. The van der Waals surface area contributed by atoms with Gasteiger partial charge < -0.3 is 10.2 Å². The van der Waals surface area contributed by atoms with E-state index >= 15 is 0 Å². The fourth-order valence-corrected chi connectivity index (χ4v) is 9.16. The Balaban J connectivity index is 1.62. The normalized spacial score (nSPS) is 49.1. The molecule has 4 aliphatic rings. The minimum Gasteiger partial charge on any atom is -0.481 e. The molecule has 10 atom stereocenters. The molecule has 0 aromatic rings. The van der Waals surface area contributed by atoms with E-state index in [1.807, 2.05) is 0 Å². The molecule has 0 radical (unpaired) electrons. The lowest BCUT2D eigenvalue weighted by atomic mass is 9.42. The van der Waals surface area contributed by atoms with Crippen molar-refractivity contribution < 1.29 is 19.8 Å². The fraction of sp³-hybridized carbons (Fsp3) is 0.923. The SMILES string of the molecule is CCC1C(=O)C2C3CC[C@H]([C@H](C)CCC(=O)O)[C@@]3(C)CC[C@@H]2[C@@]2(C)CC[C@@H](O)CC12. The number of ketones is 1. The Morgan fingerprint density at radius 2 is 1.73 bits per heavy atom. The number of aliphatic hydroxyl groups is 1. The molecule has 0 bridgehead atoms. The van der Waals surface area contributed by atoms with Crippen LogP contribution < -0.4 is 0 Å². The fourth-order valence-electron chi connectivity index (χ4n) is 9.16. The van der Waals surface area contributed by atoms with Gasteiger partial charge in [0.2, 0.25) is 0 Å². The van der Waals surface area contributed by atoms with Crippen LogP contribution in [0.3, 0.4) is 0 Å². The van der Waals surface area contributed by atoms with E-state index in [4.69, 9.17) is 5.11 Å². The summed E-state index contributed by atoms with van der Waals surface area (Å²) in [6.07, 6.45) is 9.01. The van der Waals surface area contributed by atoms with Crippen molar-refractivity contribution in [2.24, 2.45) is 52.3 Å². The Kier molecular flexibility index (Phi) is 5.87. The molecule has 0 amide bonds. The van der Waals surface area contributed by atoms with Crippen LogP contribution in [-0.2, 0) is 9.59 Å². The number of fused-ring (bicyclic) bond motifs is 5. The molecule has 4 aliphatic carbocycles. The average molecular weight is 419 g/mol. The predicted octanol–water partition coefficient (Wildman–Crippen LogP) is 5.32. The summed E-state index contributed by atoms with van der Waals surface area (Å²) in [5.74, 6) is 2.31. The van der Waals surface area contributed by atoms with Crippen molar-refractivity contribution >= 4 is 11.8 Å². The number of aliphatic carboxylic acids is 1. The highest BCUT2D eigenvalue weighted by molar-refractivity contribution is 5.86. The zero-order valence-corrected chi connectivity index (χ0v) is 19.4. The zero-order valence-electron chi connectivity index (χ0n) is 19.4. The van der Waals surface area contributed by atoms with Crippen molar-refractivity contribution in [2.75, 3.05) is 0 Å². The van der Waals surface area contributed by atoms with Crippen LogP contribution in [-0.4, -0.2) is 28.1 Å². The number of carboxylic acid groups (broad SMARTS) is 1. The molecule has 170 valence electrons. The van der Waals surface area contributed by atoms with Crippen molar-refractivity contribution in [3.8, 4) is 0 Å². The first-order chi connectivity index (χ1) is 14.1. The van der Waals surface area contributed by atoms with Crippen LogP contribution >= 0.6 is 0 Å². The first-order valence-corrected chi connectivity index (χ1v) is 12.6. The summed E-state index contributed by atoms with van der Waals surface area (Å²) < 4.78 is 0. The van der Waals surface area contributed by atoms with Gasteiger partial charge in [-0.05, 0) is 98.2 Å². The number of rotatable bonds is 5. The molecule has 0 spiro atoms. The average Bonchev–Trinajstić information content (AvgIpc) is 3.05. The van der Waals surface area contributed by atoms with Gasteiger partial charge in [0.05, 0.1) is 6.10 Å². The monoisotopic (exact) mass is 418 g/mol. The van der Waals surface area contributed by atoms with Crippen LogP contribution in [0.25, 0.3) is 0 Å². The highest BCUT2D eigenvalue weighted by Crippen LogP contribution is 2.68. The first kappa shape index (κ1) is 22.3. The number of carboxylic acids is 1. The Hall–Kier alpha value is -0.900. The lowest BCUT2D eigenvalue weighted by Gasteiger charge is -2.62. The maximum Gasteiger partial charge on any atom is 0.303 e. The smallest absolute Gasteiger partial charge is 0.303 e. The third-order valence-electron chi connectivity index (χ3n) is 10.7. The molecule has 4 fully saturated rings. The van der Waals surface area contributed by atoms with E-state index < -0.39 is 5.97 Å². The van der Waals surface area contributed by atoms with Crippen molar-refractivity contribution in [1.82, 2.24) is 0 Å². The third kappa shape index (κ3) is 3.27. The summed E-state index contributed by atoms with van der Waals surface area (Å²) in [4.78, 5) is 25.0. The second-order valence-electron chi connectivity index (χ2n) is 11.8. The molecule has 4 nitrogen and oxygen atoms in total. The Morgan fingerprint density at radius 3 is 2.40 bits per heavy atom. The van der Waals surface area contributed by atoms with Crippen molar-refractivity contribution in [1.29, 1.82) is 0 Å². The van der Waals surface area contributed by atoms with E-state index in [1.54, 1.807) is 0 Å². The van der Waals surface area contributed by atoms with Crippen LogP contribution in [0, 0.1) is 52.3 Å². The summed E-state index contributed by atoms with van der Waals surface area (Å²) >= 11 is 0. The van der Waals surface area contributed by atoms with Gasteiger partial charge in [-0.1, -0.05) is 27.7 Å². The molecule has 0 aromatic heterocycles. The van der Waals surface area contributed by atoms with E-state index in [2.05, 4.69) is 27.7 Å². The second kappa shape index (κ2) is 7.90. The van der Waals surface area contributed by atoms with Crippen LogP contribution in [0.2, 0.25) is 0 Å². The lowest BCUT2D eigenvalue weighted by molar-refractivity contribution is -0.173. The zero-order chi connectivity index (χ0) is 21.8. The standard InChI is InChI=1S/C26H42O4/c1-5-17-21-14-16(27)10-12-26(21,4)20-11-13-25(3)18(15(2)6-9-22(28)29)7-8-19(25)23(20)24(17)30/h15-21,23,27H,5-14H2,1-4H3,(H,28,29)/t15-,16-,17?,18-,19?,20+,21?,23?,25-,26-/m1/s1. The molecule has 4 saturated carbocycles. The minimum atomic E-state index is -0.697. The second-order valence-corrected chi connectivity index (χ2v) is 11.8. The number of carbonyl (C=O) groups is 2. The Labute approximate surface area is 182 Å². The predicted molar refractivity (Wildman–Crippen MR) is 117 cm³/mol. The molecule has 4 unspecified atom stereocenters. The van der Waals surface area contributed by atoms with Gasteiger partial charge in [-0.2, -0.15) is 0 Å². The molecule has 0 heterocycles.